The zero-order chi connectivity index (χ0) is 9.52. The second-order valence-corrected chi connectivity index (χ2v) is 4.84. The van der Waals surface area contributed by atoms with Gasteiger partial charge in [-0.25, -0.2) is 0 Å². The van der Waals surface area contributed by atoms with Crippen molar-refractivity contribution in [1.82, 2.24) is 10.2 Å². The minimum absolute atomic E-state index is 0.889. The molecule has 1 unspecified atom stereocenters. The average molecular weight is 202 g/mol. The van der Waals surface area contributed by atoms with E-state index in [1.165, 1.54) is 44.8 Å². The molecule has 0 bridgehead atoms. The Bertz CT molecular complexity index is 128. The molecule has 1 fully saturated rings. The molecule has 1 aliphatic rings. The molecule has 1 aliphatic heterocycles. The van der Waals surface area contributed by atoms with Crippen LogP contribution in [0.4, 0.5) is 0 Å². The molecule has 0 aromatic carbocycles. The Labute approximate surface area is 86.5 Å². The molecule has 1 heterocycles. The van der Waals surface area contributed by atoms with Crippen molar-refractivity contribution >= 4 is 11.8 Å². The third kappa shape index (κ3) is 4.34. The minimum atomic E-state index is 0.889. The second-order valence-electron chi connectivity index (χ2n) is 3.86. The van der Waals surface area contributed by atoms with E-state index >= 15 is 0 Å². The van der Waals surface area contributed by atoms with Crippen LogP contribution in [0.5, 0.6) is 0 Å². The number of likely N-dealkylation sites (tertiary alicyclic amines) is 1. The van der Waals surface area contributed by atoms with Gasteiger partial charge in [0.1, 0.15) is 0 Å². The molecule has 0 amide bonds. The van der Waals surface area contributed by atoms with Crippen molar-refractivity contribution in [3.8, 4) is 0 Å². The molecular weight excluding hydrogens is 180 g/mol. The summed E-state index contributed by atoms with van der Waals surface area (Å²) >= 11 is 1.95. The first-order valence-electron chi connectivity index (χ1n) is 5.22. The van der Waals surface area contributed by atoms with Crippen LogP contribution in [0.1, 0.15) is 12.8 Å². The Hall–Kier alpha value is 0.270. The summed E-state index contributed by atoms with van der Waals surface area (Å²) in [6.07, 6.45) is 4.99. The normalized spacial score (nSPS) is 24.9. The van der Waals surface area contributed by atoms with Crippen molar-refractivity contribution < 1.29 is 0 Å². The SMILES string of the molecule is CNCC1CCCN(CCSC)C1. The number of rotatable bonds is 5. The molecule has 1 N–H and O–H groups in total. The first-order valence-corrected chi connectivity index (χ1v) is 6.62. The third-order valence-corrected chi connectivity index (χ3v) is 3.30. The summed E-state index contributed by atoms with van der Waals surface area (Å²) in [6, 6.07) is 0. The lowest BCUT2D eigenvalue weighted by Gasteiger charge is -2.32. The summed E-state index contributed by atoms with van der Waals surface area (Å²) in [5.41, 5.74) is 0. The lowest BCUT2D eigenvalue weighted by molar-refractivity contribution is 0.183. The molecule has 0 spiro atoms. The van der Waals surface area contributed by atoms with Crippen molar-refractivity contribution in [2.24, 2.45) is 5.92 Å². The van der Waals surface area contributed by atoms with E-state index in [2.05, 4.69) is 23.5 Å². The van der Waals surface area contributed by atoms with Gasteiger partial charge in [0, 0.05) is 18.8 Å². The molecule has 13 heavy (non-hydrogen) atoms. The fraction of sp³-hybridized carbons (Fsp3) is 1.00. The van der Waals surface area contributed by atoms with Crippen LogP contribution < -0.4 is 5.32 Å². The predicted molar refractivity (Wildman–Crippen MR) is 61.5 cm³/mol. The lowest BCUT2D eigenvalue weighted by Crippen LogP contribution is -2.40. The summed E-state index contributed by atoms with van der Waals surface area (Å²) in [7, 11) is 2.06. The monoisotopic (exact) mass is 202 g/mol. The number of thioether (sulfide) groups is 1. The topological polar surface area (TPSA) is 15.3 Å². The average Bonchev–Trinajstić information content (AvgIpc) is 2.16. The van der Waals surface area contributed by atoms with Gasteiger partial charge in [0.25, 0.3) is 0 Å². The highest BCUT2D eigenvalue weighted by Crippen LogP contribution is 2.15. The standard InChI is InChI=1S/C10H22N2S/c1-11-8-10-4-3-5-12(9-10)6-7-13-2/h10-11H,3-9H2,1-2H3. The second kappa shape index (κ2) is 6.68. The Balaban J connectivity index is 2.16. The van der Waals surface area contributed by atoms with E-state index < -0.39 is 0 Å². The predicted octanol–water partition coefficient (Wildman–Crippen LogP) is 1.28. The Morgan fingerprint density at radius 3 is 3.08 bits per heavy atom. The van der Waals surface area contributed by atoms with Crippen molar-refractivity contribution in [3.05, 3.63) is 0 Å². The quantitative estimate of drug-likeness (QED) is 0.723. The number of hydrogen-bond acceptors (Lipinski definition) is 3. The molecule has 1 saturated heterocycles. The van der Waals surface area contributed by atoms with Gasteiger partial charge in [0.15, 0.2) is 0 Å². The molecule has 0 radical (unpaired) electrons. The Morgan fingerprint density at radius 1 is 1.54 bits per heavy atom. The van der Waals surface area contributed by atoms with E-state index in [9.17, 15) is 0 Å². The molecule has 0 aromatic rings. The molecule has 3 heteroatoms. The van der Waals surface area contributed by atoms with Gasteiger partial charge in [-0.15, -0.1) is 0 Å². The zero-order valence-corrected chi connectivity index (χ0v) is 9.70. The van der Waals surface area contributed by atoms with Crippen molar-refractivity contribution in [2.75, 3.05) is 45.2 Å². The number of nitrogens with one attached hydrogen (secondary N) is 1. The minimum Gasteiger partial charge on any atom is -0.319 e. The number of piperidine rings is 1. The van der Waals surface area contributed by atoms with Crippen LogP contribution in [-0.4, -0.2) is 50.1 Å². The zero-order valence-electron chi connectivity index (χ0n) is 8.88. The van der Waals surface area contributed by atoms with Crippen LogP contribution in [-0.2, 0) is 0 Å². The molecule has 0 aliphatic carbocycles. The molecule has 78 valence electrons. The lowest BCUT2D eigenvalue weighted by atomic mass is 9.98. The van der Waals surface area contributed by atoms with E-state index in [0.29, 0.717) is 0 Å². The largest absolute Gasteiger partial charge is 0.319 e. The molecular formula is C10H22N2S. The van der Waals surface area contributed by atoms with Crippen LogP contribution in [0.15, 0.2) is 0 Å². The summed E-state index contributed by atoms with van der Waals surface area (Å²) in [5, 5.41) is 3.28. The Kier molecular flexibility index (Phi) is 5.83. The maximum Gasteiger partial charge on any atom is 0.00724 e. The van der Waals surface area contributed by atoms with Gasteiger partial charge in [-0.05, 0) is 45.2 Å². The molecule has 1 rings (SSSR count). The first kappa shape index (κ1) is 11.3. The smallest absolute Gasteiger partial charge is 0.00724 e. The first-order chi connectivity index (χ1) is 6.36. The van der Waals surface area contributed by atoms with E-state index in [4.69, 9.17) is 0 Å². The van der Waals surface area contributed by atoms with E-state index in [1.807, 2.05) is 11.8 Å². The molecule has 0 saturated carbocycles. The van der Waals surface area contributed by atoms with Crippen LogP contribution in [0.3, 0.4) is 0 Å². The number of hydrogen-bond donors (Lipinski definition) is 1. The fourth-order valence-electron chi connectivity index (χ4n) is 2.03. The summed E-state index contributed by atoms with van der Waals surface area (Å²) < 4.78 is 0. The van der Waals surface area contributed by atoms with Gasteiger partial charge in [0.05, 0.1) is 0 Å². The molecule has 0 aromatic heterocycles. The fourth-order valence-corrected chi connectivity index (χ4v) is 2.47. The molecule has 1 atom stereocenters. The van der Waals surface area contributed by atoms with Gasteiger partial charge in [-0.2, -0.15) is 11.8 Å². The van der Waals surface area contributed by atoms with Gasteiger partial charge >= 0.3 is 0 Å². The van der Waals surface area contributed by atoms with Crippen LogP contribution >= 0.6 is 11.8 Å². The summed E-state index contributed by atoms with van der Waals surface area (Å²) in [4.78, 5) is 2.61. The van der Waals surface area contributed by atoms with Gasteiger partial charge < -0.3 is 10.2 Å². The van der Waals surface area contributed by atoms with E-state index in [0.717, 1.165) is 5.92 Å². The summed E-state index contributed by atoms with van der Waals surface area (Å²) in [6.45, 7) is 5.10. The van der Waals surface area contributed by atoms with Crippen LogP contribution in [0.25, 0.3) is 0 Å². The van der Waals surface area contributed by atoms with Gasteiger partial charge in [0.2, 0.25) is 0 Å². The summed E-state index contributed by atoms with van der Waals surface area (Å²) in [5.74, 6) is 2.17. The third-order valence-electron chi connectivity index (χ3n) is 2.71. The molecule has 2 nitrogen and oxygen atoms in total. The van der Waals surface area contributed by atoms with Crippen molar-refractivity contribution in [2.45, 2.75) is 12.8 Å². The maximum absolute atomic E-state index is 3.28. The van der Waals surface area contributed by atoms with Gasteiger partial charge in [-0.1, -0.05) is 0 Å². The maximum atomic E-state index is 3.28. The van der Waals surface area contributed by atoms with E-state index in [1.54, 1.807) is 0 Å². The number of nitrogens with zero attached hydrogens (tertiary/aromatic N) is 1. The highest BCUT2D eigenvalue weighted by atomic mass is 32.2. The highest BCUT2D eigenvalue weighted by molar-refractivity contribution is 7.98. The van der Waals surface area contributed by atoms with E-state index in [-0.39, 0.29) is 0 Å². The Morgan fingerprint density at radius 2 is 2.38 bits per heavy atom. The van der Waals surface area contributed by atoms with Gasteiger partial charge in [-0.3, -0.25) is 0 Å². The van der Waals surface area contributed by atoms with Crippen molar-refractivity contribution in [1.29, 1.82) is 0 Å². The van der Waals surface area contributed by atoms with Crippen LogP contribution in [0.2, 0.25) is 0 Å². The van der Waals surface area contributed by atoms with Crippen LogP contribution in [0, 0.1) is 5.92 Å². The highest BCUT2D eigenvalue weighted by Gasteiger charge is 2.18. The van der Waals surface area contributed by atoms with Crippen molar-refractivity contribution in [3.63, 3.8) is 0 Å².